The molecule has 0 atom stereocenters. The minimum atomic E-state index is -3.94. The van der Waals surface area contributed by atoms with Gasteiger partial charge in [0.05, 0.1) is 4.90 Å². The summed E-state index contributed by atoms with van der Waals surface area (Å²) in [6, 6.07) is 5.10. The van der Waals surface area contributed by atoms with Crippen LogP contribution in [0.15, 0.2) is 29.2 Å². The molecule has 0 heterocycles. The number of hydrogen-bond acceptors (Lipinski definition) is 4. The van der Waals surface area contributed by atoms with Gasteiger partial charge in [0, 0.05) is 6.07 Å². The van der Waals surface area contributed by atoms with E-state index in [0.717, 1.165) is 11.0 Å². The normalized spacial score (nSPS) is 11.3. The van der Waals surface area contributed by atoms with Gasteiger partial charge in [0.15, 0.2) is 0 Å². The zero-order chi connectivity index (χ0) is 10.6. The molecular weight excluding hydrogens is 213 g/mol. The lowest BCUT2D eigenvalue weighted by Gasteiger charge is -2.04. The van der Waals surface area contributed by atoms with Gasteiger partial charge in [-0.3, -0.25) is 0 Å². The van der Waals surface area contributed by atoms with Gasteiger partial charge in [-0.1, -0.05) is 11.0 Å². The van der Waals surface area contributed by atoms with Gasteiger partial charge in [-0.05, 0) is 12.1 Å². The van der Waals surface area contributed by atoms with E-state index in [4.69, 9.17) is 5.21 Å². The first-order valence-electron chi connectivity index (χ1n) is 3.55. The minimum absolute atomic E-state index is 0.0730. The van der Waals surface area contributed by atoms with E-state index in [2.05, 4.69) is 4.74 Å². The number of benzene rings is 1. The third-order valence-corrected chi connectivity index (χ3v) is 2.57. The second kappa shape index (κ2) is 4.36. The Morgan fingerprint density at radius 2 is 2.21 bits per heavy atom. The van der Waals surface area contributed by atoms with Crippen LogP contribution in [0.25, 0.3) is 0 Å². The number of nitrogens with one attached hydrogen (secondary N) is 1. The summed E-state index contributed by atoms with van der Waals surface area (Å²) < 4.78 is 38.3. The minimum Gasteiger partial charge on any atom is -0.463 e. The van der Waals surface area contributed by atoms with Crippen LogP contribution >= 0.6 is 0 Å². The number of ether oxygens (including phenoxy) is 1. The van der Waals surface area contributed by atoms with Crippen molar-refractivity contribution in [1.82, 2.24) is 4.89 Å². The number of alkyl halides is 1. The molecule has 0 amide bonds. The van der Waals surface area contributed by atoms with Crippen molar-refractivity contribution in [3.05, 3.63) is 24.3 Å². The van der Waals surface area contributed by atoms with Gasteiger partial charge in [-0.15, -0.1) is 0 Å². The van der Waals surface area contributed by atoms with Crippen molar-refractivity contribution < 1.29 is 22.8 Å². The molecule has 1 rings (SSSR count). The molecule has 0 aromatic heterocycles. The van der Waals surface area contributed by atoms with Crippen LogP contribution in [0, 0.1) is 0 Å². The summed E-state index contributed by atoms with van der Waals surface area (Å²) >= 11 is 0. The fourth-order valence-electron chi connectivity index (χ4n) is 0.847. The van der Waals surface area contributed by atoms with Crippen molar-refractivity contribution in [1.29, 1.82) is 0 Å². The van der Waals surface area contributed by atoms with Gasteiger partial charge in [-0.25, -0.2) is 12.8 Å². The van der Waals surface area contributed by atoms with Crippen molar-refractivity contribution in [3.63, 3.8) is 0 Å². The zero-order valence-electron chi connectivity index (χ0n) is 6.97. The number of halogens is 1. The molecule has 0 saturated heterocycles. The molecule has 0 spiro atoms. The van der Waals surface area contributed by atoms with Crippen LogP contribution < -0.4 is 9.62 Å². The summed E-state index contributed by atoms with van der Waals surface area (Å²) in [6.07, 6.45) is 0. The van der Waals surface area contributed by atoms with Crippen molar-refractivity contribution in [2.24, 2.45) is 0 Å². The molecule has 0 saturated carbocycles. The Balaban J connectivity index is 3.06. The first-order valence-corrected chi connectivity index (χ1v) is 5.03. The Labute approximate surface area is 80.1 Å². The highest BCUT2D eigenvalue weighted by Gasteiger charge is 2.12. The van der Waals surface area contributed by atoms with Gasteiger partial charge >= 0.3 is 0 Å². The van der Waals surface area contributed by atoms with E-state index in [0.29, 0.717) is 0 Å². The largest absolute Gasteiger partial charge is 0.463 e. The van der Waals surface area contributed by atoms with Crippen LogP contribution in [-0.2, 0) is 10.0 Å². The summed E-state index contributed by atoms with van der Waals surface area (Å²) in [4.78, 5) is 0.947. The number of rotatable bonds is 4. The van der Waals surface area contributed by atoms with Crippen molar-refractivity contribution >= 4 is 10.0 Å². The molecule has 0 aliphatic rings. The summed E-state index contributed by atoms with van der Waals surface area (Å²) in [7, 11) is -3.94. The van der Waals surface area contributed by atoms with Gasteiger partial charge in [0.1, 0.15) is 5.75 Å². The molecule has 2 N–H and O–H groups in total. The molecule has 0 bridgehead atoms. The third kappa shape index (κ3) is 2.41. The molecule has 0 aliphatic carbocycles. The van der Waals surface area contributed by atoms with Crippen LogP contribution in [0.3, 0.4) is 0 Å². The van der Waals surface area contributed by atoms with Crippen LogP contribution in [-0.4, -0.2) is 20.5 Å². The standard InChI is InChI=1S/C7H8FNO4S/c8-5-13-6-2-1-3-7(4-6)14(11,12)9-10/h1-4,9-10H,5H2. The Bertz CT molecular complexity index is 406. The molecule has 0 aliphatic heterocycles. The highest BCUT2D eigenvalue weighted by molar-refractivity contribution is 7.89. The maximum absolute atomic E-state index is 11.8. The average molecular weight is 221 g/mol. The maximum Gasteiger partial charge on any atom is 0.262 e. The third-order valence-electron chi connectivity index (χ3n) is 1.46. The van der Waals surface area contributed by atoms with Crippen molar-refractivity contribution in [2.45, 2.75) is 4.90 Å². The van der Waals surface area contributed by atoms with Gasteiger partial charge in [0.25, 0.3) is 10.0 Å². The zero-order valence-corrected chi connectivity index (χ0v) is 7.79. The van der Waals surface area contributed by atoms with Crippen molar-refractivity contribution in [2.75, 3.05) is 6.86 Å². The lowest BCUT2D eigenvalue weighted by Crippen LogP contribution is -2.19. The first-order chi connectivity index (χ1) is 6.60. The monoisotopic (exact) mass is 221 g/mol. The molecule has 0 radical (unpaired) electrons. The van der Waals surface area contributed by atoms with E-state index < -0.39 is 16.9 Å². The molecule has 1 aromatic rings. The second-order valence-corrected chi connectivity index (χ2v) is 3.98. The molecule has 0 unspecified atom stereocenters. The van der Waals surface area contributed by atoms with Gasteiger partial charge in [0.2, 0.25) is 6.86 Å². The summed E-state index contributed by atoms with van der Waals surface area (Å²) in [5.74, 6) is 0.0730. The van der Waals surface area contributed by atoms with E-state index in [9.17, 15) is 12.8 Å². The van der Waals surface area contributed by atoms with Crippen molar-refractivity contribution in [3.8, 4) is 5.75 Å². The van der Waals surface area contributed by atoms with Crippen LogP contribution in [0.4, 0.5) is 4.39 Å². The smallest absolute Gasteiger partial charge is 0.262 e. The topological polar surface area (TPSA) is 75.6 Å². The molecule has 0 fully saturated rings. The number of sulfonamides is 1. The average Bonchev–Trinajstić information content (AvgIpc) is 2.19. The predicted molar refractivity (Wildman–Crippen MR) is 45.2 cm³/mol. The second-order valence-electron chi connectivity index (χ2n) is 2.32. The highest BCUT2D eigenvalue weighted by Crippen LogP contribution is 2.16. The molecular formula is C7H8FNO4S. The Morgan fingerprint density at radius 3 is 2.79 bits per heavy atom. The molecule has 7 heteroatoms. The fourth-order valence-corrected chi connectivity index (χ4v) is 1.48. The molecule has 14 heavy (non-hydrogen) atoms. The van der Waals surface area contributed by atoms with E-state index in [1.54, 1.807) is 0 Å². The highest BCUT2D eigenvalue weighted by atomic mass is 32.2. The molecule has 5 nitrogen and oxygen atoms in total. The van der Waals surface area contributed by atoms with Crippen LogP contribution in [0.5, 0.6) is 5.75 Å². The SMILES string of the molecule is O=S(=O)(NO)c1cccc(OCF)c1. The lowest BCUT2D eigenvalue weighted by atomic mass is 10.3. The van der Waals surface area contributed by atoms with E-state index in [1.807, 2.05) is 0 Å². The lowest BCUT2D eigenvalue weighted by molar-refractivity contribution is 0.191. The first kappa shape index (κ1) is 10.9. The summed E-state index contributed by atoms with van der Waals surface area (Å²) in [5, 5.41) is 8.32. The van der Waals surface area contributed by atoms with Gasteiger partial charge in [-0.2, -0.15) is 0 Å². The molecule has 78 valence electrons. The van der Waals surface area contributed by atoms with E-state index in [-0.39, 0.29) is 10.6 Å². The number of hydrogen-bond donors (Lipinski definition) is 2. The quantitative estimate of drug-likeness (QED) is 0.732. The summed E-state index contributed by atoms with van der Waals surface area (Å²) in [5.41, 5.74) is 0. The Morgan fingerprint density at radius 1 is 1.50 bits per heavy atom. The summed E-state index contributed by atoms with van der Waals surface area (Å²) in [6.45, 7) is -1.05. The van der Waals surface area contributed by atoms with E-state index >= 15 is 0 Å². The Kier molecular flexibility index (Phi) is 3.39. The predicted octanol–water partition coefficient (Wildman–Crippen LogP) is 0.660. The van der Waals surface area contributed by atoms with Crippen LogP contribution in [0.2, 0.25) is 0 Å². The van der Waals surface area contributed by atoms with Crippen LogP contribution in [0.1, 0.15) is 0 Å². The fraction of sp³-hybridized carbons (Fsp3) is 0.143. The molecule has 1 aromatic carbocycles. The van der Waals surface area contributed by atoms with E-state index in [1.165, 1.54) is 18.2 Å². The maximum atomic E-state index is 11.8. The Hall–Kier alpha value is -1.18. The van der Waals surface area contributed by atoms with Gasteiger partial charge < -0.3 is 9.94 Å².